The van der Waals surface area contributed by atoms with E-state index in [4.69, 9.17) is 11.6 Å². The second-order valence-corrected chi connectivity index (χ2v) is 7.08. The maximum absolute atomic E-state index is 12.3. The van der Waals surface area contributed by atoms with Crippen molar-refractivity contribution in [1.29, 1.82) is 0 Å². The van der Waals surface area contributed by atoms with Crippen LogP contribution in [0, 0.1) is 0 Å². The van der Waals surface area contributed by atoms with E-state index in [1.807, 2.05) is 36.0 Å². The highest BCUT2D eigenvalue weighted by molar-refractivity contribution is 8.00. The number of nitrogens with one attached hydrogen (secondary N) is 1. The Morgan fingerprint density at radius 2 is 2.19 bits per heavy atom. The average Bonchev–Trinajstić information content (AvgIpc) is 2.46. The van der Waals surface area contributed by atoms with E-state index in [2.05, 4.69) is 16.6 Å². The van der Waals surface area contributed by atoms with Gasteiger partial charge in [-0.05, 0) is 30.6 Å². The molecule has 1 saturated carbocycles. The fraction of sp³-hybridized carbons (Fsp3) is 0.375. The van der Waals surface area contributed by atoms with E-state index in [1.54, 1.807) is 6.07 Å². The van der Waals surface area contributed by atoms with E-state index in [1.165, 1.54) is 19.3 Å². The maximum atomic E-state index is 12.3. The molecule has 1 aromatic heterocycles. The highest BCUT2D eigenvalue weighted by Gasteiger charge is 2.36. The maximum Gasteiger partial charge on any atom is 0.270 e. The molecular formula is C16H17ClN2OS. The summed E-state index contributed by atoms with van der Waals surface area (Å²) in [6, 6.07) is 9.48. The van der Waals surface area contributed by atoms with Gasteiger partial charge in [-0.3, -0.25) is 4.79 Å². The Morgan fingerprint density at radius 3 is 2.86 bits per heavy atom. The van der Waals surface area contributed by atoms with E-state index < -0.39 is 0 Å². The number of halogens is 1. The van der Waals surface area contributed by atoms with Crippen LogP contribution in [0.2, 0.25) is 5.15 Å². The minimum Gasteiger partial charge on any atom is -0.349 e. The summed E-state index contributed by atoms with van der Waals surface area (Å²) in [7, 11) is 0. The lowest BCUT2D eigenvalue weighted by Gasteiger charge is -2.40. The Hall–Kier alpha value is -1.26. The SMILES string of the molecule is CSC1(CNC(=O)c2cc3ccccc3c(Cl)n2)CCC1. The van der Waals surface area contributed by atoms with Crippen molar-refractivity contribution < 1.29 is 4.79 Å². The van der Waals surface area contributed by atoms with Crippen molar-refractivity contribution >= 4 is 40.0 Å². The topological polar surface area (TPSA) is 42.0 Å². The van der Waals surface area contributed by atoms with Crippen molar-refractivity contribution in [3.05, 3.63) is 41.2 Å². The normalized spacial score (nSPS) is 16.5. The molecular weight excluding hydrogens is 304 g/mol. The summed E-state index contributed by atoms with van der Waals surface area (Å²) in [6.45, 7) is 0.694. The monoisotopic (exact) mass is 320 g/mol. The van der Waals surface area contributed by atoms with Crippen molar-refractivity contribution in [3.63, 3.8) is 0 Å². The van der Waals surface area contributed by atoms with Gasteiger partial charge in [0.15, 0.2) is 0 Å². The molecule has 0 saturated heterocycles. The van der Waals surface area contributed by atoms with Gasteiger partial charge in [-0.15, -0.1) is 0 Å². The second kappa shape index (κ2) is 5.85. The first-order chi connectivity index (χ1) is 10.1. The van der Waals surface area contributed by atoms with Crippen molar-refractivity contribution in [2.75, 3.05) is 12.8 Å². The van der Waals surface area contributed by atoms with Crippen LogP contribution < -0.4 is 5.32 Å². The predicted molar refractivity (Wildman–Crippen MR) is 89.2 cm³/mol. The number of benzene rings is 1. The molecule has 3 rings (SSSR count). The van der Waals surface area contributed by atoms with Crippen LogP contribution in [-0.4, -0.2) is 28.4 Å². The first-order valence-corrected chi connectivity index (χ1v) is 8.62. The Balaban J connectivity index is 1.78. The number of hydrogen-bond acceptors (Lipinski definition) is 3. The first kappa shape index (κ1) is 14.7. The van der Waals surface area contributed by atoms with E-state index in [9.17, 15) is 4.79 Å². The molecule has 0 atom stereocenters. The molecule has 1 aliphatic carbocycles. The molecule has 3 nitrogen and oxygen atoms in total. The van der Waals surface area contributed by atoms with Gasteiger partial charge in [0.25, 0.3) is 5.91 Å². The van der Waals surface area contributed by atoms with E-state index in [0.717, 1.165) is 10.8 Å². The highest BCUT2D eigenvalue weighted by Crippen LogP contribution is 2.42. The number of hydrogen-bond donors (Lipinski definition) is 1. The molecule has 1 aliphatic rings. The quantitative estimate of drug-likeness (QED) is 0.869. The molecule has 110 valence electrons. The Bertz CT molecular complexity index is 680. The van der Waals surface area contributed by atoms with Crippen LogP contribution in [0.3, 0.4) is 0 Å². The van der Waals surface area contributed by atoms with Crippen molar-refractivity contribution in [3.8, 4) is 0 Å². The molecule has 0 aliphatic heterocycles. The summed E-state index contributed by atoms with van der Waals surface area (Å²) in [5, 5.41) is 5.19. The summed E-state index contributed by atoms with van der Waals surface area (Å²) in [4.78, 5) is 16.5. The van der Waals surface area contributed by atoms with Gasteiger partial charge in [0.1, 0.15) is 10.8 Å². The molecule has 1 amide bonds. The zero-order chi connectivity index (χ0) is 14.9. The number of rotatable bonds is 4. The van der Waals surface area contributed by atoms with Crippen LogP contribution in [0.25, 0.3) is 10.8 Å². The van der Waals surface area contributed by atoms with Gasteiger partial charge in [0, 0.05) is 16.7 Å². The number of amides is 1. The molecule has 21 heavy (non-hydrogen) atoms. The number of aromatic nitrogens is 1. The third kappa shape index (κ3) is 2.87. The van der Waals surface area contributed by atoms with Crippen LogP contribution in [0.5, 0.6) is 0 Å². The molecule has 1 N–H and O–H groups in total. The lowest BCUT2D eigenvalue weighted by Crippen LogP contribution is -2.45. The van der Waals surface area contributed by atoms with Crippen LogP contribution in [0.4, 0.5) is 0 Å². The minimum absolute atomic E-state index is 0.150. The van der Waals surface area contributed by atoms with Crippen LogP contribution in [0.15, 0.2) is 30.3 Å². The third-order valence-corrected chi connectivity index (χ3v) is 5.90. The van der Waals surface area contributed by atoms with Gasteiger partial charge < -0.3 is 5.32 Å². The number of carbonyl (C=O) groups excluding carboxylic acids is 1. The second-order valence-electron chi connectivity index (χ2n) is 5.44. The molecule has 1 aromatic carbocycles. The third-order valence-electron chi connectivity index (χ3n) is 4.20. The van der Waals surface area contributed by atoms with Gasteiger partial charge in [0.2, 0.25) is 0 Å². The van der Waals surface area contributed by atoms with Gasteiger partial charge in [0.05, 0.1) is 0 Å². The van der Waals surface area contributed by atoms with Gasteiger partial charge in [-0.2, -0.15) is 11.8 Å². The van der Waals surface area contributed by atoms with Crippen LogP contribution in [0.1, 0.15) is 29.8 Å². The number of pyridine rings is 1. The van der Waals surface area contributed by atoms with Gasteiger partial charge in [-0.1, -0.05) is 42.3 Å². The zero-order valence-corrected chi connectivity index (χ0v) is 13.4. The van der Waals surface area contributed by atoms with E-state index in [-0.39, 0.29) is 10.7 Å². The summed E-state index contributed by atoms with van der Waals surface area (Å²) in [5.41, 5.74) is 0.384. The largest absolute Gasteiger partial charge is 0.349 e. The lowest BCUT2D eigenvalue weighted by atomic mass is 9.84. The molecule has 0 radical (unpaired) electrons. The number of nitrogens with zero attached hydrogens (tertiary/aromatic N) is 1. The summed E-state index contributed by atoms with van der Waals surface area (Å²) >= 11 is 8.01. The van der Waals surface area contributed by atoms with E-state index >= 15 is 0 Å². The summed E-state index contributed by atoms with van der Waals surface area (Å²) in [5.74, 6) is -0.150. The Labute approximate surface area is 133 Å². The van der Waals surface area contributed by atoms with Crippen molar-refractivity contribution in [1.82, 2.24) is 10.3 Å². The summed E-state index contributed by atoms with van der Waals surface area (Å²) in [6.07, 6.45) is 5.69. The number of fused-ring (bicyclic) bond motifs is 1. The van der Waals surface area contributed by atoms with Gasteiger partial charge in [-0.25, -0.2) is 4.98 Å². The zero-order valence-electron chi connectivity index (χ0n) is 11.9. The fourth-order valence-corrected chi connectivity index (χ4v) is 3.81. The first-order valence-electron chi connectivity index (χ1n) is 7.02. The molecule has 5 heteroatoms. The molecule has 2 aromatic rings. The Kier molecular flexibility index (Phi) is 4.09. The molecule has 0 spiro atoms. The molecule has 1 fully saturated rings. The summed E-state index contributed by atoms with van der Waals surface area (Å²) < 4.78 is 0.219. The molecule has 1 heterocycles. The average molecular weight is 321 g/mol. The van der Waals surface area contributed by atoms with Crippen LogP contribution >= 0.6 is 23.4 Å². The van der Waals surface area contributed by atoms with Crippen LogP contribution in [-0.2, 0) is 0 Å². The molecule has 0 unspecified atom stereocenters. The highest BCUT2D eigenvalue weighted by atomic mass is 35.5. The van der Waals surface area contributed by atoms with E-state index in [0.29, 0.717) is 17.4 Å². The number of thioether (sulfide) groups is 1. The standard InChI is InChI=1S/C16H17ClN2OS/c1-21-16(7-4-8-16)10-18-15(20)13-9-11-5-2-3-6-12(11)14(17)19-13/h2-3,5-6,9H,4,7-8,10H2,1H3,(H,18,20). The van der Waals surface area contributed by atoms with Crippen molar-refractivity contribution in [2.45, 2.75) is 24.0 Å². The fourth-order valence-electron chi connectivity index (χ4n) is 2.63. The lowest BCUT2D eigenvalue weighted by molar-refractivity contribution is 0.0939. The van der Waals surface area contributed by atoms with Gasteiger partial charge >= 0.3 is 0 Å². The van der Waals surface area contributed by atoms with Crippen molar-refractivity contribution in [2.24, 2.45) is 0 Å². The predicted octanol–water partition coefficient (Wildman–Crippen LogP) is 3.90. The Morgan fingerprint density at radius 1 is 1.43 bits per heavy atom. The number of carbonyl (C=O) groups is 1. The molecule has 0 bridgehead atoms. The smallest absolute Gasteiger partial charge is 0.270 e. The minimum atomic E-state index is -0.150.